The highest BCUT2D eigenvalue weighted by Gasteiger charge is 2.38. The van der Waals surface area contributed by atoms with Gasteiger partial charge in [0.05, 0.1) is 12.8 Å². The Labute approximate surface area is 235 Å². The van der Waals surface area contributed by atoms with Gasteiger partial charge in [-0.25, -0.2) is 14.5 Å². The van der Waals surface area contributed by atoms with E-state index in [1.165, 1.54) is 0 Å². The molecule has 2 aromatic carbocycles. The molecule has 0 aliphatic carbocycles. The van der Waals surface area contributed by atoms with E-state index in [2.05, 4.69) is 15.4 Å². The summed E-state index contributed by atoms with van der Waals surface area (Å²) in [4.78, 5) is 17.7. The summed E-state index contributed by atoms with van der Waals surface area (Å²) >= 11 is 18.5. The number of hydrogen-bond donors (Lipinski definition) is 2. The number of ether oxygens (including phenoxy) is 1. The molecule has 0 saturated heterocycles. The highest BCUT2D eigenvalue weighted by molar-refractivity contribution is 6.35. The standard InChI is InChI=1S/C22H19Cl3N6O.C2HF3O2/c1-32-19-10-14(5-7-18(19)30-11-20(25)26-12-30)27-22-28-21-16(3-2-8-31(21)29-22)15-6-4-13(23)9-17(15)24;3-2(4,5)1(6)7/h4-7,9-12,16H,2-3,8H2,1H3,(H,27,29);(H,6,7). The fourth-order valence-electron chi connectivity index (χ4n) is 4.01. The first-order valence-electron chi connectivity index (χ1n) is 11.3. The number of carboxylic acid groups (broad SMARTS) is 1. The number of hydrogen-bond acceptors (Lipinski definition) is 6. The number of benzene rings is 2. The van der Waals surface area contributed by atoms with Crippen LogP contribution in [0.1, 0.15) is 30.1 Å². The summed E-state index contributed by atoms with van der Waals surface area (Å²) in [6.07, 6.45) is 0.227. The first-order valence-corrected chi connectivity index (χ1v) is 12.4. The summed E-state index contributed by atoms with van der Waals surface area (Å²) in [6.45, 7) is 0.815. The summed E-state index contributed by atoms with van der Waals surface area (Å²) in [5.74, 6) is -0.608. The van der Waals surface area contributed by atoms with Crippen molar-refractivity contribution in [2.45, 2.75) is 31.5 Å². The second kappa shape index (κ2) is 11.7. The summed E-state index contributed by atoms with van der Waals surface area (Å²) in [7, 11) is 1.62. The number of rotatable bonds is 5. The van der Waals surface area contributed by atoms with Crippen molar-refractivity contribution >= 4 is 52.4 Å². The van der Waals surface area contributed by atoms with Crippen LogP contribution in [-0.4, -0.2) is 48.7 Å². The van der Waals surface area contributed by atoms with Gasteiger partial charge in [0.2, 0.25) is 5.95 Å². The molecule has 4 aromatic rings. The number of aromatic nitrogens is 5. The van der Waals surface area contributed by atoms with Crippen LogP contribution in [0.5, 0.6) is 5.75 Å². The maximum Gasteiger partial charge on any atom is 0.490 e. The number of halogens is 6. The molecule has 2 aromatic heterocycles. The van der Waals surface area contributed by atoms with Crippen LogP contribution in [0, 0.1) is 0 Å². The Morgan fingerprint density at radius 3 is 2.54 bits per heavy atom. The second-order valence-electron chi connectivity index (χ2n) is 8.30. The molecule has 0 amide bonds. The van der Waals surface area contributed by atoms with Crippen LogP contribution in [0.4, 0.5) is 24.8 Å². The number of carboxylic acids is 1. The molecule has 3 heterocycles. The van der Waals surface area contributed by atoms with Gasteiger partial charge < -0.3 is 19.7 Å². The maximum atomic E-state index is 10.6. The number of nitrogens with one attached hydrogen (secondary N) is 1. The Balaban J connectivity index is 0.000000448. The lowest BCUT2D eigenvalue weighted by Crippen LogP contribution is -2.21. The van der Waals surface area contributed by atoms with E-state index in [0.717, 1.165) is 42.1 Å². The van der Waals surface area contributed by atoms with Crippen LogP contribution >= 0.6 is 34.8 Å². The molecule has 2 N–H and O–H groups in total. The van der Waals surface area contributed by atoms with Gasteiger partial charge in [-0.3, -0.25) is 0 Å². The van der Waals surface area contributed by atoms with E-state index in [1.807, 2.05) is 35.0 Å². The van der Waals surface area contributed by atoms with Gasteiger partial charge in [0.15, 0.2) is 0 Å². The number of carbonyl (C=O) groups is 1. The smallest absolute Gasteiger partial charge is 0.490 e. The van der Waals surface area contributed by atoms with E-state index in [0.29, 0.717) is 26.9 Å². The highest BCUT2D eigenvalue weighted by atomic mass is 35.5. The van der Waals surface area contributed by atoms with Crippen LogP contribution in [0.25, 0.3) is 5.69 Å². The molecule has 0 fully saturated rings. The van der Waals surface area contributed by atoms with Crippen LogP contribution in [0.15, 0.2) is 48.9 Å². The molecular formula is C24H20Cl3F3N6O3. The van der Waals surface area contributed by atoms with Crippen molar-refractivity contribution in [2.75, 3.05) is 12.4 Å². The van der Waals surface area contributed by atoms with Crippen LogP contribution < -0.4 is 10.1 Å². The molecule has 0 saturated carbocycles. The van der Waals surface area contributed by atoms with E-state index in [-0.39, 0.29) is 5.92 Å². The van der Waals surface area contributed by atoms with Gasteiger partial charge in [-0.2, -0.15) is 18.2 Å². The van der Waals surface area contributed by atoms with Crippen molar-refractivity contribution in [2.24, 2.45) is 0 Å². The number of anilines is 2. The van der Waals surface area contributed by atoms with Crippen molar-refractivity contribution in [1.29, 1.82) is 0 Å². The van der Waals surface area contributed by atoms with Crippen molar-refractivity contribution in [3.63, 3.8) is 0 Å². The van der Waals surface area contributed by atoms with E-state index < -0.39 is 12.1 Å². The van der Waals surface area contributed by atoms with Crippen molar-refractivity contribution in [1.82, 2.24) is 24.3 Å². The Bertz CT molecular complexity index is 1490. The lowest BCUT2D eigenvalue weighted by Gasteiger charge is -2.23. The molecule has 1 aliphatic heterocycles. The second-order valence-corrected chi connectivity index (χ2v) is 9.53. The molecule has 1 unspecified atom stereocenters. The molecule has 1 atom stereocenters. The molecule has 206 valence electrons. The van der Waals surface area contributed by atoms with E-state index in [1.54, 1.807) is 30.3 Å². The minimum Gasteiger partial charge on any atom is -0.494 e. The quantitative estimate of drug-likeness (QED) is 0.260. The Morgan fingerprint density at radius 2 is 1.92 bits per heavy atom. The van der Waals surface area contributed by atoms with Gasteiger partial charge in [-0.05, 0) is 42.7 Å². The molecule has 0 radical (unpaired) electrons. The number of nitrogens with zero attached hydrogens (tertiary/aromatic N) is 5. The molecule has 15 heteroatoms. The SMILES string of the molecule is COc1cc(Nc2nc3n(n2)CCCC3c2ccc(Cl)cc2Cl)ccc1-n1cnc(Cl)c1.O=C(O)C(F)(F)F. The predicted octanol–water partition coefficient (Wildman–Crippen LogP) is 6.74. The monoisotopic (exact) mass is 602 g/mol. The van der Waals surface area contributed by atoms with Crippen LogP contribution in [0.2, 0.25) is 15.2 Å². The fraction of sp³-hybridized carbons (Fsp3) is 0.250. The van der Waals surface area contributed by atoms with Crippen LogP contribution in [-0.2, 0) is 11.3 Å². The molecule has 5 rings (SSSR count). The van der Waals surface area contributed by atoms with Crippen molar-refractivity contribution in [3.8, 4) is 11.4 Å². The highest BCUT2D eigenvalue weighted by Crippen LogP contribution is 2.38. The van der Waals surface area contributed by atoms with Crippen LogP contribution in [0.3, 0.4) is 0 Å². The molecule has 9 nitrogen and oxygen atoms in total. The number of alkyl halides is 3. The molecule has 0 spiro atoms. The summed E-state index contributed by atoms with van der Waals surface area (Å²) in [6, 6.07) is 11.3. The lowest BCUT2D eigenvalue weighted by molar-refractivity contribution is -0.192. The zero-order chi connectivity index (χ0) is 28.3. The Kier molecular flexibility index (Phi) is 8.57. The Hall–Kier alpha value is -3.48. The van der Waals surface area contributed by atoms with Gasteiger partial charge in [0, 0.05) is 40.5 Å². The minimum absolute atomic E-state index is 0.0690. The third-order valence-corrected chi connectivity index (χ3v) is 6.48. The topological polar surface area (TPSA) is 107 Å². The number of aliphatic carboxylic acids is 1. The van der Waals surface area contributed by atoms with E-state index >= 15 is 0 Å². The molecule has 39 heavy (non-hydrogen) atoms. The predicted molar refractivity (Wildman–Crippen MR) is 140 cm³/mol. The average Bonchev–Trinajstić information content (AvgIpc) is 3.49. The number of methoxy groups -OCH3 is 1. The number of aryl methyl sites for hydroxylation is 1. The third kappa shape index (κ3) is 6.75. The number of imidazole rings is 1. The zero-order valence-electron chi connectivity index (χ0n) is 20.1. The minimum atomic E-state index is -5.08. The average molecular weight is 604 g/mol. The van der Waals surface area contributed by atoms with Gasteiger partial charge in [0.25, 0.3) is 0 Å². The maximum absolute atomic E-state index is 10.6. The first kappa shape index (κ1) is 28.5. The summed E-state index contributed by atoms with van der Waals surface area (Å²) in [5, 5.41) is 16.8. The lowest BCUT2D eigenvalue weighted by atomic mass is 9.91. The first-order chi connectivity index (χ1) is 18.5. The third-order valence-electron chi connectivity index (χ3n) is 5.72. The molecule has 1 aliphatic rings. The van der Waals surface area contributed by atoms with E-state index in [9.17, 15) is 13.2 Å². The molecule has 0 bridgehead atoms. The summed E-state index contributed by atoms with van der Waals surface area (Å²) in [5.41, 5.74) is 2.65. The van der Waals surface area contributed by atoms with Crippen molar-refractivity contribution < 1.29 is 27.8 Å². The van der Waals surface area contributed by atoms with Gasteiger partial charge >= 0.3 is 12.1 Å². The zero-order valence-corrected chi connectivity index (χ0v) is 22.4. The largest absolute Gasteiger partial charge is 0.494 e. The number of fused-ring (bicyclic) bond motifs is 1. The van der Waals surface area contributed by atoms with Gasteiger partial charge in [0.1, 0.15) is 23.1 Å². The summed E-state index contributed by atoms with van der Waals surface area (Å²) < 4.78 is 41.0. The normalized spacial score (nSPS) is 14.7. The van der Waals surface area contributed by atoms with Crippen molar-refractivity contribution in [3.05, 3.63) is 75.5 Å². The van der Waals surface area contributed by atoms with Gasteiger partial charge in [-0.1, -0.05) is 40.9 Å². The fourth-order valence-corrected chi connectivity index (χ4v) is 4.70. The van der Waals surface area contributed by atoms with Gasteiger partial charge in [-0.15, -0.1) is 5.10 Å². The Morgan fingerprint density at radius 1 is 1.18 bits per heavy atom. The van der Waals surface area contributed by atoms with E-state index in [4.69, 9.17) is 54.4 Å². The molecular weight excluding hydrogens is 584 g/mol.